The Hall–Kier alpha value is -2.98. The van der Waals surface area contributed by atoms with Crippen molar-refractivity contribution in [3.63, 3.8) is 0 Å². The second kappa shape index (κ2) is 22.5. The van der Waals surface area contributed by atoms with Gasteiger partial charge in [0.05, 0.1) is 24.3 Å². The average Bonchev–Trinajstić information content (AvgIpc) is 3.00. The van der Waals surface area contributed by atoms with Gasteiger partial charge < -0.3 is 25.0 Å². The van der Waals surface area contributed by atoms with Gasteiger partial charge in [-0.1, -0.05) is 90.2 Å². The number of carboxylic acids is 1. The van der Waals surface area contributed by atoms with Crippen molar-refractivity contribution in [3.05, 3.63) is 29.8 Å². The molecule has 0 bridgehead atoms. The molecule has 44 heavy (non-hydrogen) atoms. The lowest BCUT2D eigenvalue weighted by Crippen LogP contribution is -2.25. The van der Waals surface area contributed by atoms with Crippen LogP contribution in [0.2, 0.25) is 0 Å². The highest BCUT2D eigenvalue weighted by atomic mass is 32.2. The van der Waals surface area contributed by atoms with Gasteiger partial charge in [-0.2, -0.15) is 0 Å². The van der Waals surface area contributed by atoms with E-state index in [0.29, 0.717) is 40.9 Å². The number of thioether (sulfide) groups is 1. The first-order chi connectivity index (χ1) is 21.4. The van der Waals surface area contributed by atoms with E-state index >= 15 is 0 Å². The van der Waals surface area contributed by atoms with Crippen molar-refractivity contribution in [3.8, 4) is 5.75 Å². The van der Waals surface area contributed by atoms with Crippen LogP contribution in [0.4, 0.5) is 10.5 Å². The van der Waals surface area contributed by atoms with Crippen LogP contribution in [-0.4, -0.2) is 60.3 Å². The topological polar surface area (TPSA) is 134 Å². The average molecular weight is 633 g/mol. The Kier molecular flexibility index (Phi) is 19.0. The fourth-order valence-electron chi connectivity index (χ4n) is 4.79. The van der Waals surface area contributed by atoms with Gasteiger partial charge in [0.25, 0.3) is 5.91 Å². The van der Waals surface area contributed by atoms with E-state index in [4.69, 9.17) is 14.6 Å². The monoisotopic (exact) mass is 632 g/mol. The number of carbonyl (C=O) groups excluding carboxylic acids is 2. The molecule has 0 aliphatic heterocycles. The van der Waals surface area contributed by atoms with Crippen molar-refractivity contribution in [2.24, 2.45) is 0 Å². The van der Waals surface area contributed by atoms with E-state index in [-0.39, 0.29) is 30.1 Å². The number of phenolic OH excluding ortho intramolecular Hbond substituents is 1. The zero-order valence-corrected chi connectivity index (χ0v) is 27.4. The summed E-state index contributed by atoms with van der Waals surface area (Å²) in [6, 6.07) is 6.56. The normalized spacial score (nSPS) is 11.0. The van der Waals surface area contributed by atoms with Gasteiger partial charge in [-0.3, -0.25) is 14.9 Å². The number of phenols is 1. The zero-order valence-electron chi connectivity index (χ0n) is 26.6. The lowest BCUT2D eigenvalue weighted by Gasteiger charge is -2.16. The Morgan fingerprint density at radius 3 is 2.18 bits per heavy atom. The highest BCUT2D eigenvalue weighted by molar-refractivity contribution is 7.99. The molecule has 0 atom stereocenters. The molecule has 246 valence electrons. The van der Waals surface area contributed by atoms with Gasteiger partial charge in [-0.25, -0.2) is 4.79 Å². The van der Waals surface area contributed by atoms with Crippen LogP contribution in [0, 0.1) is 0 Å². The van der Waals surface area contributed by atoms with Gasteiger partial charge in [0.1, 0.15) is 5.75 Å². The number of aliphatic carboxylic acids is 1. The van der Waals surface area contributed by atoms with Gasteiger partial charge in [-0.15, -0.1) is 11.8 Å². The molecular weight excluding hydrogens is 580 g/mol. The molecule has 2 rings (SSSR count). The number of rotatable bonds is 24. The molecular formula is C34H52N2O7S. The number of nitrogens with one attached hydrogen (secondary N) is 2. The molecule has 10 heteroatoms. The number of anilines is 1. The molecule has 0 aromatic heterocycles. The standard InChI is InChI=1S/C34H52N2O7S/c1-3-5-7-8-9-10-11-12-13-14-21-42-22-16-20-35-33(40)27-25-29(44-24-19-30(37)38)31-26(32(27)39)17-15-18-28(31)36-34(41)43-23-6-4-2/h15,17-18,25,39H,3-14,16,19-24H2,1-2H3,(H,35,40)(H,36,41)(H,37,38). The summed E-state index contributed by atoms with van der Waals surface area (Å²) in [5.74, 6) is -1.33. The van der Waals surface area contributed by atoms with Crippen molar-refractivity contribution in [1.82, 2.24) is 5.32 Å². The van der Waals surface area contributed by atoms with Gasteiger partial charge in [0, 0.05) is 41.2 Å². The Bertz CT molecular complexity index is 1160. The minimum Gasteiger partial charge on any atom is -0.506 e. The van der Waals surface area contributed by atoms with E-state index < -0.39 is 18.0 Å². The predicted molar refractivity (Wildman–Crippen MR) is 178 cm³/mol. The van der Waals surface area contributed by atoms with Crippen LogP contribution in [0.3, 0.4) is 0 Å². The minimum atomic E-state index is -0.938. The van der Waals surface area contributed by atoms with Gasteiger partial charge in [-0.05, 0) is 31.4 Å². The summed E-state index contributed by atoms with van der Waals surface area (Å²) in [6.45, 7) is 6.17. The highest BCUT2D eigenvalue weighted by Gasteiger charge is 2.20. The van der Waals surface area contributed by atoms with E-state index in [9.17, 15) is 19.5 Å². The molecule has 2 amide bonds. The summed E-state index contributed by atoms with van der Waals surface area (Å²) in [5.41, 5.74) is 0.493. The van der Waals surface area contributed by atoms with Crippen LogP contribution < -0.4 is 10.6 Å². The first-order valence-corrected chi connectivity index (χ1v) is 17.3. The van der Waals surface area contributed by atoms with Crippen LogP contribution in [-0.2, 0) is 14.3 Å². The number of benzene rings is 2. The number of fused-ring (bicyclic) bond motifs is 1. The number of carboxylic acid groups (broad SMARTS) is 1. The van der Waals surface area contributed by atoms with Crippen molar-refractivity contribution >= 4 is 46.2 Å². The third-order valence-electron chi connectivity index (χ3n) is 7.28. The second-order valence-corrected chi connectivity index (χ2v) is 12.1. The molecule has 0 fully saturated rings. The number of aromatic hydroxyl groups is 1. The zero-order chi connectivity index (χ0) is 32.0. The molecule has 0 saturated heterocycles. The first kappa shape index (κ1) is 37.2. The first-order valence-electron chi connectivity index (χ1n) is 16.3. The molecule has 0 saturated carbocycles. The summed E-state index contributed by atoms with van der Waals surface area (Å²) in [5, 5.41) is 26.7. The van der Waals surface area contributed by atoms with Crippen LogP contribution in [0.25, 0.3) is 10.8 Å². The molecule has 9 nitrogen and oxygen atoms in total. The molecule has 0 aliphatic carbocycles. The molecule has 0 radical (unpaired) electrons. The molecule has 2 aromatic rings. The number of hydrogen-bond acceptors (Lipinski definition) is 7. The molecule has 0 unspecified atom stereocenters. The molecule has 4 N–H and O–H groups in total. The number of ether oxygens (including phenoxy) is 2. The van der Waals surface area contributed by atoms with Crippen LogP contribution in [0.15, 0.2) is 29.2 Å². The fraction of sp³-hybridized carbons (Fsp3) is 0.618. The SMILES string of the molecule is CCCCCCCCCCCCOCCCNC(=O)c1cc(SCCC(=O)O)c2c(NC(=O)OCCCC)cccc2c1O. The summed E-state index contributed by atoms with van der Waals surface area (Å²) >= 11 is 1.25. The number of hydrogen-bond donors (Lipinski definition) is 4. The largest absolute Gasteiger partial charge is 0.506 e. The Morgan fingerprint density at radius 1 is 0.841 bits per heavy atom. The quantitative estimate of drug-likeness (QED) is 0.0668. The summed E-state index contributed by atoms with van der Waals surface area (Å²) in [4.78, 5) is 37.2. The summed E-state index contributed by atoms with van der Waals surface area (Å²) in [6.07, 6.45) is 14.4. The van der Waals surface area contributed by atoms with E-state index in [1.54, 1.807) is 24.3 Å². The Morgan fingerprint density at radius 2 is 1.50 bits per heavy atom. The summed E-state index contributed by atoms with van der Waals surface area (Å²) in [7, 11) is 0. The highest BCUT2D eigenvalue weighted by Crippen LogP contribution is 2.40. The summed E-state index contributed by atoms with van der Waals surface area (Å²) < 4.78 is 11.0. The number of amides is 2. The Labute approximate surface area is 266 Å². The third-order valence-corrected chi connectivity index (χ3v) is 8.32. The van der Waals surface area contributed by atoms with Gasteiger partial charge in [0.2, 0.25) is 0 Å². The molecule has 0 spiro atoms. The van der Waals surface area contributed by atoms with E-state index in [1.807, 2.05) is 6.92 Å². The van der Waals surface area contributed by atoms with E-state index in [1.165, 1.54) is 69.5 Å². The third kappa shape index (κ3) is 14.2. The van der Waals surface area contributed by atoms with Crippen LogP contribution in [0.5, 0.6) is 5.75 Å². The molecule has 0 aliphatic rings. The van der Waals surface area contributed by atoms with Gasteiger partial charge >= 0.3 is 12.1 Å². The number of unbranched alkanes of at least 4 members (excludes halogenated alkanes) is 10. The number of carbonyl (C=O) groups is 3. The maximum atomic E-state index is 13.1. The maximum absolute atomic E-state index is 13.1. The maximum Gasteiger partial charge on any atom is 0.411 e. The second-order valence-electron chi connectivity index (χ2n) is 11.0. The molecule has 0 heterocycles. The fourth-order valence-corrected chi connectivity index (χ4v) is 5.85. The predicted octanol–water partition coefficient (Wildman–Crippen LogP) is 8.52. The van der Waals surface area contributed by atoms with Crippen molar-refractivity contribution in [2.75, 3.05) is 37.4 Å². The van der Waals surface area contributed by atoms with Crippen molar-refractivity contribution < 1.29 is 34.1 Å². The van der Waals surface area contributed by atoms with Crippen LogP contribution >= 0.6 is 11.8 Å². The van der Waals surface area contributed by atoms with Gasteiger partial charge in [0.15, 0.2) is 0 Å². The van der Waals surface area contributed by atoms with Crippen LogP contribution in [0.1, 0.15) is 114 Å². The lowest BCUT2D eigenvalue weighted by molar-refractivity contribution is -0.136. The lowest BCUT2D eigenvalue weighted by atomic mass is 10.0. The smallest absolute Gasteiger partial charge is 0.411 e. The minimum absolute atomic E-state index is 0.0810. The van der Waals surface area contributed by atoms with E-state index in [2.05, 4.69) is 17.6 Å². The van der Waals surface area contributed by atoms with E-state index in [0.717, 1.165) is 25.9 Å². The van der Waals surface area contributed by atoms with Crippen molar-refractivity contribution in [2.45, 2.75) is 109 Å². The molecule has 2 aromatic carbocycles. The Balaban J connectivity index is 1.89. The van der Waals surface area contributed by atoms with Crippen molar-refractivity contribution in [1.29, 1.82) is 0 Å².